The highest BCUT2D eigenvalue weighted by Crippen LogP contribution is 2.30. The molecule has 0 radical (unpaired) electrons. The number of benzene rings is 2. The maximum atomic E-state index is 13.6. The van der Waals surface area contributed by atoms with Crippen molar-refractivity contribution in [1.29, 1.82) is 0 Å². The number of carbonyl (C=O) groups is 1. The number of thiazole rings is 1. The summed E-state index contributed by atoms with van der Waals surface area (Å²) in [7, 11) is 3.78. The lowest BCUT2D eigenvalue weighted by Crippen LogP contribution is -2.38. The van der Waals surface area contributed by atoms with Gasteiger partial charge < -0.3 is 9.32 Å². The molecule has 29 heavy (non-hydrogen) atoms. The summed E-state index contributed by atoms with van der Waals surface area (Å²) in [6, 6.07) is 12.9. The molecule has 4 rings (SSSR count). The van der Waals surface area contributed by atoms with Gasteiger partial charge in [0.1, 0.15) is 17.0 Å². The quantitative estimate of drug-likeness (QED) is 0.468. The number of halogens is 1. The van der Waals surface area contributed by atoms with Gasteiger partial charge in [-0.2, -0.15) is 0 Å². The summed E-state index contributed by atoms with van der Waals surface area (Å²) < 4.78 is 19.5. The van der Waals surface area contributed by atoms with Crippen LogP contribution in [0.3, 0.4) is 0 Å². The number of para-hydroxylation sites is 1. The van der Waals surface area contributed by atoms with Crippen LogP contribution in [-0.4, -0.2) is 43.0 Å². The van der Waals surface area contributed by atoms with E-state index >= 15 is 0 Å². The maximum Gasteiger partial charge on any atom is 0.349 e. The van der Waals surface area contributed by atoms with E-state index in [4.69, 9.17) is 4.42 Å². The van der Waals surface area contributed by atoms with E-state index in [1.807, 2.05) is 25.1 Å². The second-order valence-corrected chi connectivity index (χ2v) is 7.86. The number of fused-ring (bicyclic) bond motifs is 2. The number of anilines is 1. The molecule has 4 aromatic rings. The van der Waals surface area contributed by atoms with E-state index in [0.717, 1.165) is 0 Å². The van der Waals surface area contributed by atoms with Gasteiger partial charge >= 0.3 is 5.63 Å². The van der Waals surface area contributed by atoms with E-state index in [1.54, 1.807) is 30.3 Å². The number of aromatic nitrogens is 1. The number of rotatable bonds is 5. The number of amides is 1. The molecule has 0 unspecified atom stereocenters. The molecule has 0 atom stereocenters. The zero-order valence-electron chi connectivity index (χ0n) is 15.9. The van der Waals surface area contributed by atoms with Crippen LogP contribution in [-0.2, 0) is 0 Å². The van der Waals surface area contributed by atoms with Crippen molar-refractivity contribution >= 4 is 43.6 Å². The molecule has 0 aliphatic heterocycles. The minimum absolute atomic E-state index is 0.0621. The van der Waals surface area contributed by atoms with Crippen molar-refractivity contribution in [2.75, 3.05) is 32.1 Å². The molecule has 0 saturated heterocycles. The van der Waals surface area contributed by atoms with E-state index in [9.17, 15) is 14.0 Å². The molecule has 148 valence electrons. The second kappa shape index (κ2) is 7.73. The summed E-state index contributed by atoms with van der Waals surface area (Å²) >= 11 is 1.21. The third-order valence-corrected chi connectivity index (χ3v) is 5.50. The van der Waals surface area contributed by atoms with Crippen molar-refractivity contribution in [3.63, 3.8) is 0 Å². The lowest BCUT2D eigenvalue weighted by molar-refractivity contribution is 0.0982. The standard InChI is InChI=1S/C21H18FN3O3S/c1-24(2)9-10-25(21-23-16-8-7-14(22)12-18(16)29-21)19(26)15-11-13-5-3-4-6-17(13)28-20(15)27/h3-8,11-12H,9-10H2,1-2H3. The molecule has 0 aliphatic rings. The Morgan fingerprint density at radius 1 is 1.14 bits per heavy atom. The highest BCUT2D eigenvalue weighted by Gasteiger charge is 2.25. The first kappa shape index (κ1) is 19.2. The van der Waals surface area contributed by atoms with Crippen molar-refractivity contribution in [3.05, 3.63) is 70.3 Å². The first-order valence-corrected chi connectivity index (χ1v) is 9.79. The smallest absolute Gasteiger partial charge is 0.349 e. The summed E-state index contributed by atoms with van der Waals surface area (Å²) in [5.41, 5.74) is 0.257. The van der Waals surface area contributed by atoms with Crippen molar-refractivity contribution in [2.24, 2.45) is 0 Å². The highest BCUT2D eigenvalue weighted by molar-refractivity contribution is 7.22. The first-order valence-electron chi connectivity index (χ1n) is 8.98. The summed E-state index contributed by atoms with van der Waals surface area (Å²) in [6.07, 6.45) is 0. The van der Waals surface area contributed by atoms with Crippen LogP contribution in [0.1, 0.15) is 10.4 Å². The molecule has 2 heterocycles. The highest BCUT2D eigenvalue weighted by atomic mass is 32.1. The Morgan fingerprint density at radius 2 is 1.93 bits per heavy atom. The van der Waals surface area contributed by atoms with Gasteiger partial charge in [0.25, 0.3) is 5.91 Å². The number of hydrogen-bond acceptors (Lipinski definition) is 6. The van der Waals surface area contributed by atoms with Crippen LogP contribution in [0.4, 0.5) is 9.52 Å². The van der Waals surface area contributed by atoms with Crippen LogP contribution in [0.2, 0.25) is 0 Å². The fourth-order valence-electron chi connectivity index (χ4n) is 2.94. The van der Waals surface area contributed by atoms with Gasteiger partial charge in [-0.25, -0.2) is 14.2 Å². The molecule has 8 heteroatoms. The summed E-state index contributed by atoms with van der Waals surface area (Å²) in [5.74, 6) is -0.861. The largest absolute Gasteiger partial charge is 0.422 e. The first-order chi connectivity index (χ1) is 13.9. The number of nitrogens with zero attached hydrogens (tertiary/aromatic N) is 3. The summed E-state index contributed by atoms with van der Waals surface area (Å²) in [4.78, 5) is 33.6. The van der Waals surface area contributed by atoms with Gasteiger partial charge in [-0.05, 0) is 44.4 Å². The van der Waals surface area contributed by atoms with E-state index < -0.39 is 11.5 Å². The van der Waals surface area contributed by atoms with Crippen molar-refractivity contribution in [1.82, 2.24) is 9.88 Å². The Bertz CT molecular complexity index is 1260. The molecular weight excluding hydrogens is 393 g/mol. The molecule has 0 saturated carbocycles. The zero-order valence-corrected chi connectivity index (χ0v) is 16.7. The zero-order chi connectivity index (χ0) is 20.5. The Kier molecular flexibility index (Phi) is 5.12. The summed E-state index contributed by atoms with van der Waals surface area (Å²) in [5, 5.41) is 1.07. The molecular formula is C21H18FN3O3S. The van der Waals surface area contributed by atoms with Gasteiger partial charge in [0.2, 0.25) is 0 Å². The van der Waals surface area contributed by atoms with Crippen LogP contribution >= 0.6 is 11.3 Å². The van der Waals surface area contributed by atoms with Gasteiger partial charge in [0, 0.05) is 18.5 Å². The third-order valence-electron chi connectivity index (χ3n) is 4.46. The number of likely N-dealkylation sites (N-methyl/N-ethyl adjacent to an activating group) is 1. The molecule has 2 aromatic heterocycles. The Balaban J connectivity index is 1.79. The molecule has 0 aliphatic carbocycles. The fourth-order valence-corrected chi connectivity index (χ4v) is 3.96. The van der Waals surface area contributed by atoms with Crippen LogP contribution in [0.15, 0.2) is 57.7 Å². The molecule has 6 nitrogen and oxygen atoms in total. The fraction of sp³-hybridized carbons (Fsp3) is 0.190. The lowest BCUT2D eigenvalue weighted by atomic mass is 10.1. The van der Waals surface area contributed by atoms with Crippen LogP contribution in [0, 0.1) is 5.82 Å². The van der Waals surface area contributed by atoms with E-state index in [-0.39, 0.29) is 11.4 Å². The third kappa shape index (κ3) is 3.90. The topological polar surface area (TPSA) is 66.7 Å². The lowest BCUT2D eigenvalue weighted by Gasteiger charge is -2.21. The normalized spacial score (nSPS) is 11.4. The molecule has 0 bridgehead atoms. The predicted octanol–water partition coefficient (Wildman–Crippen LogP) is 3.75. The van der Waals surface area contributed by atoms with E-state index in [0.29, 0.717) is 39.4 Å². The maximum absolute atomic E-state index is 13.6. The summed E-state index contributed by atoms with van der Waals surface area (Å²) in [6.45, 7) is 0.884. The molecule has 0 N–H and O–H groups in total. The number of carbonyl (C=O) groups excluding carboxylic acids is 1. The molecule has 1 amide bonds. The minimum atomic E-state index is -0.698. The van der Waals surface area contributed by atoms with Gasteiger partial charge in [0.15, 0.2) is 5.13 Å². The predicted molar refractivity (Wildman–Crippen MR) is 112 cm³/mol. The van der Waals surface area contributed by atoms with Crippen LogP contribution in [0.25, 0.3) is 21.2 Å². The monoisotopic (exact) mass is 411 g/mol. The average molecular weight is 411 g/mol. The van der Waals surface area contributed by atoms with E-state index in [1.165, 1.54) is 28.4 Å². The molecule has 0 fully saturated rings. The van der Waals surface area contributed by atoms with Crippen LogP contribution < -0.4 is 10.5 Å². The van der Waals surface area contributed by atoms with Crippen molar-refractivity contribution in [2.45, 2.75) is 0 Å². The Morgan fingerprint density at radius 3 is 2.72 bits per heavy atom. The van der Waals surface area contributed by atoms with Crippen LogP contribution in [0.5, 0.6) is 0 Å². The Hall–Kier alpha value is -3.10. The van der Waals surface area contributed by atoms with Gasteiger partial charge in [-0.3, -0.25) is 9.69 Å². The second-order valence-electron chi connectivity index (χ2n) is 6.85. The van der Waals surface area contributed by atoms with Gasteiger partial charge in [0.05, 0.1) is 10.2 Å². The number of hydrogen-bond donors (Lipinski definition) is 0. The average Bonchev–Trinajstić information content (AvgIpc) is 3.09. The van der Waals surface area contributed by atoms with Crippen molar-refractivity contribution < 1.29 is 13.6 Å². The molecule has 2 aromatic carbocycles. The SMILES string of the molecule is CN(C)CCN(C(=O)c1cc2ccccc2oc1=O)c1nc2ccc(F)cc2s1. The van der Waals surface area contributed by atoms with Gasteiger partial charge in [-0.15, -0.1) is 0 Å². The van der Waals surface area contributed by atoms with Gasteiger partial charge in [-0.1, -0.05) is 29.5 Å². The molecule has 0 spiro atoms. The van der Waals surface area contributed by atoms with E-state index in [2.05, 4.69) is 4.98 Å². The minimum Gasteiger partial charge on any atom is -0.422 e. The Labute approximate surface area is 169 Å². The van der Waals surface area contributed by atoms with Crippen molar-refractivity contribution in [3.8, 4) is 0 Å².